The molecule has 2 rings (SSSR count). The van der Waals surface area contributed by atoms with E-state index in [9.17, 15) is 4.79 Å². The van der Waals surface area contributed by atoms with Crippen LogP contribution in [0.3, 0.4) is 0 Å². The quantitative estimate of drug-likeness (QED) is 0.773. The van der Waals surface area contributed by atoms with Gasteiger partial charge in [-0.1, -0.05) is 30.0 Å². The molecule has 1 aliphatic rings. The zero-order valence-corrected chi connectivity index (χ0v) is 9.65. The lowest BCUT2D eigenvalue weighted by molar-refractivity contribution is -0.128. The summed E-state index contributed by atoms with van der Waals surface area (Å²) in [5.74, 6) is 5.77. The second-order valence-corrected chi connectivity index (χ2v) is 4.04. The summed E-state index contributed by atoms with van der Waals surface area (Å²) in [7, 11) is 0. The van der Waals surface area contributed by atoms with E-state index < -0.39 is 0 Å². The first kappa shape index (κ1) is 11.7. The fraction of sp³-hybridized carbons (Fsp3) is 0.357. The van der Waals surface area contributed by atoms with Gasteiger partial charge < -0.3 is 10.0 Å². The minimum atomic E-state index is -0.142. The number of likely N-dealkylation sites (tertiary alicyclic amines) is 1. The summed E-state index contributed by atoms with van der Waals surface area (Å²) in [4.78, 5) is 13.4. The van der Waals surface area contributed by atoms with Crippen molar-refractivity contribution in [2.45, 2.75) is 19.4 Å². The SMILES string of the molecule is O=C1CCCN1Cc1ccccc1C#CCO. The Balaban J connectivity index is 2.17. The Bertz CT molecular complexity index is 471. The first-order valence-corrected chi connectivity index (χ1v) is 5.76. The number of nitrogens with zero attached hydrogens (tertiary/aromatic N) is 1. The number of amides is 1. The van der Waals surface area contributed by atoms with Gasteiger partial charge in [-0.2, -0.15) is 0 Å². The van der Waals surface area contributed by atoms with Gasteiger partial charge in [-0.15, -0.1) is 0 Å². The highest BCUT2D eigenvalue weighted by Gasteiger charge is 2.20. The standard InChI is InChI=1S/C14H15NO2/c16-10-4-7-12-5-1-2-6-13(12)11-15-9-3-8-14(15)17/h1-2,5-6,16H,3,8-11H2. The van der Waals surface area contributed by atoms with Crippen LogP contribution in [0.15, 0.2) is 24.3 Å². The van der Waals surface area contributed by atoms with Crippen molar-refractivity contribution < 1.29 is 9.90 Å². The number of aliphatic hydroxyl groups is 1. The molecule has 1 amide bonds. The topological polar surface area (TPSA) is 40.5 Å². The van der Waals surface area contributed by atoms with E-state index in [1.54, 1.807) is 0 Å². The van der Waals surface area contributed by atoms with Crippen molar-refractivity contribution in [3.05, 3.63) is 35.4 Å². The largest absolute Gasteiger partial charge is 0.384 e. The molecule has 0 radical (unpaired) electrons. The molecule has 0 aromatic heterocycles. The molecule has 0 saturated carbocycles. The van der Waals surface area contributed by atoms with E-state index in [2.05, 4.69) is 11.8 Å². The highest BCUT2D eigenvalue weighted by atomic mass is 16.2. The van der Waals surface area contributed by atoms with Crippen LogP contribution in [0.4, 0.5) is 0 Å². The summed E-state index contributed by atoms with van der Waals surface area (Å²) in [6.07, 6.45) is 1.60. The van der Waals surface area contributed by atoms with E-state index in [1.165, 1.54) is 0 Å². The van der Waals surface area contributed by atoms with Gasteiger partial charge in [-0.25, -0.2) is 0 Å². The third-order valence-electron chi connectivity index (χ3n) is 2.85. The molecule has 1 saturated heterocycles. The maximum Gasteiger partial charge on any atom is 0.222 e. The van der Waals surface area contributed by atoms with Crippen LogP contribution in [0.5, 0.6) is 0 Å². The number of hydrogen-bond acceptors (Lipinski definition) is 2. The molecule has 3 nitrogen and oxygen atoms in total. The molecule has 0 bridgehead atoms. The lowest BCUT2D eigenvalue weighted by atomic mass is 10.1. The van der Waals surface area contributed by atoms with Crippen molar-refractivity contribution in [2.24, 2.45) is 0 Å². The fourth-order valence-electron chi connectivity index (χ4n) is 1.99. The minimum absolute atomic E-state index is 0.142. The number of carbonyl (C=O) groups excluding carboxylic acids is 1. The van der Waals surface area contributed by atoms with Crippen LogP contribution in [-0.4, -0.2) is 29.1 Å². The molecule has 0 spiro atoms. The highest BCUT2D eigenvalue weighted by molar-refractivity contribution is 5.78. The molecule has 0 atom stereocenters. The molecule has 1 N–H and O–H groups in total. The van der Waals surface area contributed by atoms with Gasteiger partial charge in [-0.3, -0.25) is 4.79 Å². The molecule has 1 heterocycles. The molecule has 1 aliphatic heterocycles. The molecular formula is C14H15NO2. The van der Waals surface area contributed by atoms with E-state index in [0.29, 0.717) is 13.0 Å². The van der Waals surface area contributed by atoms with Gasteiger partial charge in [0.05, 0.1) is 0 Å². The van der Waals surface area contributed by atoms with Crippen LogP contribution in [0.1, 0.15) is 24.0 Å². The van der Waals surface area contributed by atoms with Crippen LogP contribution in [-0.2, 0) is 11.3 Å². The Labute approximate surface area is 101 Å². The first-order chi connectivity index (χ1) is 8.31. The summed E-state index contributed by atoms with van der Waals surface area (Å²) in [6.45, 7) is 1.31. The van der Waals surface area contributed by atoms with Crippen molar-refractivity contribution in [2.75, 3.05) is 13.2 Å². The Morgan fingerprint density at radius 3 is 2.88 bits per heavy atom. The van der Waals surface area contributed by atoms with Gasteiger partial charge in [-0.05, 0) is 18.1 Å². The zero-order chi connectivity index (χ0) is 12.1. The maximum atomic E-state index is 11.6. The number of benzene rings is 1. The Kier molecular flexibility index (Phi) is 3.79. The zero-order valence-electron chi connectivity index (χ0n) is 9.65. The second kappa shape index (κ2) is 5.51. The molecule has 0 unspecified atom stereocenters. The highest BCUT2D eigenvalue weighted by Crippen LogP contribution is 2.16. The van der Waals surface area contributed by atoms with Crippen LogP contribution in [0, 0.1) is 11.8 Å². The molecule has 1 fully saturated rings. The van der Waals surface area contributed by atoms with Crippen molar-refractivity contribution in [3.8, 4) is 11.8 Å². The average molecular weight is 229 g/mol. The van der Waals surface area contributed by atoms with E-state index >= 15 is 0 Å². The van der Waals surface area contributed by atoms with Gasteiger partial charge in [0.2, 0.25) is 5.91 Å². The average Bonchev–Trinajstić information content (AvgIpc) is 2.74. The van der Waals surface area contributed by atoms with Gasteiger partial charge in [0.15, 0.2) is 0 Å². The molecular weight excluding hydrogens is 214 g/mol. The summed E-state index contributed by atoms with van der Waals surface area (Å²) in [6, 6.07) is 7.75. The Morgan fingerprint density at radius 1 is 1.35 bits per heavy atom. The van der Waals surface area contributed by atoms with E-state index in [0.717, 1.165) is 24.1 Å². The first-order valence-electron chi connectivity index (χ1n) is 5.76. The summed E-state index contributed by atoms with van der Waals surface area (Å²) < 4.78 is 0. The number of carbonyl (C=O) groups is 1. The predicted octanol–water partition coefficient (Wildman–Crippen LogP) is 1.15. The third-order valence-corrected chi connectivity index (χ3v) is 2.85. The van der Waals surface area contributed by atoms with Gasteiger partial charge in [0.25, 0.3) is 0 Å². The predicted molar refractivity (Wildman–Crippen MR) is 65.1 cm³/mol. The van der Waals surface area contributed by atoms with Crippen molar-refractivity contribution in [1.82, 2.24) is 4.90 Å². The lowest BCUT2D eigenvalue weighted by Gasteiger charge is -2.16. The number of rotatable bonds is 2. The lowest BCUT2D eigenvalue weighted by Crippen LogP contribution is -2.24. The van der Waals surface area contributed by atoms with Gasteiger partial charge in [0, 0.05) is 25.1 Å². The van der Waals surface area contributed by atoms with Crippen LogP contribution >= 0.6 is 0 Å². The maximum absolute atomic E-state index is 11.6. The molecule has 17 heavy (non-hydrogen) atoms. The minimum Gasteiger partial charge on any atom is -0.384 e. The summed E-state index contributed by atoms with van der Waals surface area (Å²) >= 11 is 0. The Morgan fingerprint density at radius 2 is 2.18 bits per heavy atom. The number of aliphatic hydroxyl groups excluding tert-OH is 1. The molecule has 3 heteroatoms. The second-order valence-electron chi connectivity index (χ2n) is 4.04. The normalized spacial score (nSPS) is 14.6. The monoisotopic (exact) mass is 229 g/mol. The molecule has 88 valence electrons. The molecule has 1 aromatic carbocycles. The van der Waals surface area contributed by atoms with Gasteiger partial charge >= 0.3 is 0 Å². The fourth-order valence-corrected chi connectivity index (χ4v) is 1.99. The van der Waals surface area contributed by atoms with Gasteiger partial charge in [0.1, 0.15) is 6.61 Å². The van der Waals surface area contributed by atoms with Crippen LogP contribution in [0.2, 0.25) is 0 Å². The van der Waals surface area contributed by atoms with Crippen LogP contribution in [0.25, 0.3) is 0 Å². The van der Waals surface area contributed by atoms with Crippen LogP contribution < -0.4 is 0 Å². The molecule has 1 aromatic rings. The number of hydrogen-bond donors (Lipinski definition) is 1. The van der Waals surface area contributed by atoms with E-state index in [1.807, 2.05) is 29.2 Å². The van der Waals surface area contributed by atoms with E-state index in [-0.39, 0.29) is 12.5 Å². The smallest absolute Gasteiger partial charge is 0.222 e. The third kappa shape index (κ3) is 2.86. The van der Waals surface area contributed by atoms with Crippen molar-refractivity contribution in [3.63, 3.8) is 0 Å². The summed E-state index contributed by atoms with van der Waals surface area (Å²) in [5, 5.41) is 8.71. The van der Waals surface area contributed by atoms with Crippen molar-refractivity contribution in [1.29, 1.82) is 0 Å². The molecule has 0 aliphatic carbocycles. The summed E-state index contributed by atoms with van der Waals surface area (Å²) in [5.41, 5.74) is 1.94. The van der Waals surface area contributed by atoms with E-state index in [4.69, 9.17) is 5.11 Å². The Hall–Kier alpha value is -1.79. The van der Waals surface area contributed by atoms with Crippen molar-refractivity contribution >= 4 is 5.91 Å².